The summed E-state index contributed by atoms with van der Waals surface area (Å²) in [5.74, 6) is 1.22. The summed E-state index contributed by atoms with van der Waals surface area (Å²) in [6.45, 7) is 1.78. The molecule has 0 aliphatic carbocycles. The molecule has 27 heavy (non-hydrogen) atoms. The summed E-state index contributed by atoms with van der Waals surface area (Å²) in [6.07, 6.45) is 2.60. The lowest BCUT2D eigenvalue weighted by Gasteiger charge is -2.12. The van der Waals surface area contributed by atoms with Gasteiger partial charge in [0.05, 0.1) is 7.11 Å². The van der Waals surface area contributed by atoms with Crippen molar-refractivity contribution in [2.75, 3.05) is 33.8 Å². The van der Waals surface area contributed by atoms with Gasteiger partial charge in [0.1, 0.15) is 5.75 Å². The number of ether oxygens (including phenoxy) is 1. The van der Waals surface area contributed by atoms with Crippen molar-refractivity contribution in [3.8, 4) is 5.75 Å². The molecule has 146 valence electrons. The van der Waals surface area contributed by atoms with Gasteiger partial charge in [-0.2, -0.15) is 0 Å². The van der Waals surface area contributed by atoms with Gasteiger partial charge < -0.3 is 20.7 Å². The molecule has 8 heteroatoms. The maximum absolute atomic E-state index is 12.1. The molecule has 0 saturated carbocycles. The van der Waals surface area contributed by atoms with E-state index in [1.165, 1.54) is 0 Å². The number of nitrogens with one attached hydrogen (secondary N) is 3. The zero-order chi connectivity index (χ0) is 18.6. The number of carbonyl (C=O) groups excluding carboxylic acids is 1. The van der Waals surface area contributed by atoms with Crippen molar-refractivity contribution in [2.24, 2.45) is 4.99 Å². The van der Waals surface area contributed by atoms with E-state index in [0.29, 0.717) is 30.4 Å². The van der Waals surface area contributed by atoms with Gasteiger partial charge in [0, 0.05) is 50.6 Å². The van der Waals surface area contributed by atoms with E-state index >= 15 is 0 Å². The van der Waals surface area contributed by atoms with Crippen LogP contribution in [0.5, 0.6) is 5.75 Å². The van der Waals surface area contributed by atoms with E-state index in [4.69, 9.17) is 4.74 Å². The molecule has 0 unspecified atom stereocenters. The summed E-state index contributed by atoms with van der Waals surface area (Å²) in [5.41, 5.74) is 1.60. The Kier molecular flexibility index (Phi) is 10.8. The topological polar surface area (TPSA) is 87.6 Å². The van der Waals surface area contributed by atoms with Crippen molar-refractivity contribution in [3.63, 3.8) is 0 Å². The second-order valence-electron chi connectivity index (χ2n) is 5.48. The van der Waals surface area contributed by atoms with Gasteiger partial charge >= 0.3 is 0 Å². The van der Waals surface area contributed by atoms with E-state index in [0.717, 1.165) is 18.7 Å². The molecule has 0 spiro atoms. The quantitative estimate of drug-likeness (QED) is 0.231. The summed E-state index contributed by atoms with van der Waals surface area (Å²) in [7, 11) is 3.29. The molecule has 1 amide bonds. The van der Waals surface area contributed by atoms with Gasteiger partial charge in [-0.25, -0.2) is 0 Å². The first kappa shape index (κ1) is 22.7. The number of rotatable bonds is 8. The number of halogens is 1. The zero-order valence-corrected chi connectivity index (χ0v) is 17.9. The molecule has 0 atom stereocenters. The van der Waals surface area contributed by atoms with Crippen molar-refractivity contribution in [2.45, 2.75) is 6.42 Å². The van der Waals surface area contributed by atoms with Crippen molar-refractivity contribution in [3.05, 3.63) is 59.9 Å². The molecule has 1 heterocycles. The molecule has 0 aliphatic heterocycles. The number of amides is 1. The van der Waals surface area contributed by atoms with Crippen LogP contribution in [0.25, 0.3) is 0 Å². The fraction of sp³-hybridized carbons (Fsp3) is 0.316. The van der Waals surface area contributed by atoms with Crippen LogP contribution in [0, 0.1) is 0 Å². The maximum atomic E-state index is 12.1. The van der Waals surface area contributed by atoms with Gasteiger partial charge in [-0.3, -0.25) is 14.8 Å². The second-order valence-corrected chi connectivity index (χ2v) is 5.48. The Hall–Kier alpha value is -2.36. The number of guanidine groups is 1. The first-order valence-corrected chi connectivity index (χ1v) is 8.49. The van der Waals surface area contributed by atoms with Crippen LogP contribution >= 0.6 is 24.0 Å². The fourth-order valence-electron chi connectivity index (χ4n) is 2.30. The number of pyridine rings is 1. The number of aromatic nitrogens is 1. The predicted molar refractivity (Wildman–Crippen MR) is 118 cm³/mol. The summed E-state index contributed by atoms with van der Waals surface area (Å²) >= 11 is 0. The monoisotopic (exact) mass is 483 g/mol. The molecule has 0 radical (unpaired) electrons. The molecule has 0 bridgehead atoms. The largest absolute Gasteiger partial charge is 0.497 e. The number of hydrogen-bond donors (Lipinski definition) is 3. The lowest BCUT2D eigenvalue weighted by atomic mass is 10.2. The van der Waals surface area contributed by atoms with Crippen LogP contribution in [0.4, 0.5) is 0 Å². The minimum absolute atomic E-state index is 0. The minimum atomic E-state index is -0.135. The van der Waals surface area contributed by atoms with Crippen molar-refractivity contribution >= 4 is 35.8 Å². The lowest BCUT2D eigenvalue weighted by molar-refractivity contribution is 0.0954. The summed E-state index contributed by atoms with van der Waals surface area (Å²) in [5, 5.41) is 9.25. The van der Waals surface area contributed by atoms with Crippen LogP contribution < -0.4 is 20.7 Å². The first-order chi connectivity index (χ1) is 12.7. The maximum Gasteiger partial charge on any atom is 0.251 e. The molecule has 3 N–H and O–H groups in total. The molecule has 1 aromatic carbocycles. The minimum Gasteiger partial charge on any atom is -0.497 e. The van der Waals surface area contributed by atoms with E-state index in [2.05, 4.69) is 25.9 Å². The molecule has 2 aromatic rings. The number of hydrogen-bond acceptors (Lipinski definition) is 4. The number of nitrogens with zero attached hydrogens (tertiary/aromatic N) is 2. The van der Waals surface area contributed by atoms with Crippen LogP contribution in [0.2, 0.25) is 0 Å². The third-order valence-electron chi connectivity index (χ3n) is 3.66. The van der Waals surface area contributed by atoms with E-state index in [9.17, 15) is 4.79 Å². The van der Waals surface area contributed by atoms with E-state index in [1.807, 2.05) is 18.2 Å². The summed E-state index contributed by atoms with van der Waals surface area (Å²) in [6, 6.07) is 12.9. The Morgan fingerprint density at radius 3 is 2.56 bits per heavy atom. The Balaban J connectivity index is 0.00000364. The second kappa shape index (κ2) is 12.9. The number of methoxy groups -OCH3 is 1. The number of benzene rings is 1. The van der Waals surface area contributed by atoms with Crippen LogP contribution in [0.3, 0.4) is 0 Å². The SMILES string of the molecule is CN=C(NCCNC(=O)c1cccc(OC)c1)NCCc1ccccn1.I. The third-order valence-corrected chi connectivity index (χ3v) is 3.66. The van der Waals surface area contributed by atoms with Gasteiger partial charge in [0.25, 0.3) is 5.91 Å². The van der Waals surface area contributed by atoms with Crippen LogP contribution in [0.1, 0.15) is 16.1 Å². The van der Waals surface area contributed by atoms with Crippen molar-refractivity contribution in [1.29, 1.82) is 0 Å². The van der Waals surface area contributed by atoms with Gasteiger partial charge in [0.2, 0.25) is 0 Å². The Morgan fingerprint density at radius 1 is 1.07 bits per heavy atom. The Bertz CT molecular complexity index is 725. The van der Waals surface area contributed by atoms with Crippen molar-refractivity contribution < 1.29 is 9.53 Å². The van der Waals surface area contributed by atoms with Gasteiger partial charge in [-0.15, -0.1) is 24.0 Å². The Labute approximate surface area is 177 Å². The van der Waals surface area contributed by atoms with Crippen LogP contribution in [-0.4, -0.2) is 50.6 Å². The highest BCUT2D eigenvalue weighted by Gasteiger charge is 2.06. The van der Waals surface area contributed by atoms with Crippen LogP contribution in [0.15, 0.2) is 53.7 Å². The zero-order valence-electron chi connectivity index (χ0n) is 15.6. The van der Waals surface area contributed by atoms with Gasteiger partial charge in [0.15, 0.2) is 5.96 Å². The average Bonchev–Trinajstić information content (AvgIpc) is 2.70. The van der Waals surface area contributed by atoms with E-state index in [-0.39, 0.29) is 29.9 Å². The first-order valence-electron chi connectivity index (χ1n) is 8.49. The third kappa shape index (κ3) is 8.25. The number of aliphatic imine (C=N–C) groups is 1. The fourth-order valence-corrected chi connectivity index (χ4v) is 2.30. The molecular weight excluding hydrogens is 457 g/mol. The predicted octanol–water partition coefficient (Wildman–Crippen LogP) is 1.85. The van der Waals surface area contributed by atoms with Crippen LogP contribution in [-0.2, 0) is 6.42 Å². The van der Waals surface area contributed by atoms with Gasteiger partial charge in [-0.05, 0) is 30.3 Å². The molecule has 0 fully saturated rings. The lowest BCUT2D eigenvalue weighted by Crippen LogP contribution is -2.42. The van der Waals surface area contributed by atoms with Gasteiger partial charge in [-0.1, -0.05) is 12.1 Å². The highest BCUT2D eigenvalue weighted by Crippen LogP contribution is 2.12. The molecule has 2 rings (SSSR count). The molecule has 7 nitrogen and oxygen atoms in total. The molecular formula is C19H26IN5O2. The summed E-state index contributed by atoms with van der Waals surface area (Å²) in [4.78, 5) is 20.6. The molecule has 0 saturated heterocycles. The number of carbonyl (C=O) groups is 1. The Morgan fingerprint density at radius 2 is 1.85 bits per heavy atom. The highest BCUT2D eigenvalue weighted by atomic mass is 127. The molecule has 1 aromatic heterocycles. The summed E-state index contributed by atoms with van der Waals surface area (Å²) < 4.78 is 5.13. The smallest absolute Gasteiger partial charge is 0.251 e. The highest BCUT2D eigenvalue weighted by molar-refractivity contribution is 14.0. The van der Waals surface area contributed by atoms with E-state index in [1.54, 1.807) is 44.6 Å². The average molecular weight is 483 g/mol. The standard InChI is InChI=1S/C19H25N5O2.HI/c1-20-19(23-11-9-16-7-3-4-10-21-16)24-13-12-22-18(25)15-6-5-8-17(14-15)26-2;/h3-8,10,14H,9,11-13H2,1-2H3,(H,22,25)(H2,20,23,24);1H. The van der Waals surface area contributed by atoms with Crippen molar-refractivity contribution in [1.82, 2.24) is 20.9 Å². The normalized spacial score (nSPS) is 10.5. The van der Waals surface area contributed by atoms with E-state index < -0.39 is 0 Å². The molecule has 0 aliphatic rings.